The van der Waals surface area contributed by atoms with E-state index in [-0.39, 0.29) is 24.0 Å². The number of benzene rings is 1. The first kappa shape index (κ1) is 22.7. The van der Waals surface area contributed by atoms with Crippen LogP contribution in [0.5, 0.6) is 5.75 Å². The first-order valence-corrected chi connectivity index (χ1v) is 9.19. The number of ether oxygens (including phenoxy) is 2. The highest BCUT2D eigenvalue weighted by atomic mass is 127. The average Bonchev–Trinajstić information content (AvgIpc) is 3.03. The van der Waals surface area contributed by atoms with Gasteiger partial charge in [0.25, 0.3) is 0 Å². The SMILES string of the molecule is CN=C(NCCc1csc(C)n1)Nc1cccc(OCCCOC)c1.I. The van der Waals surface area contributed by atoms with Crippen molar-refractivity contribution in [3.8, 4) is 5.75 Å². The fourth-order valence-corrected chi connectivity index (χ4v) is 2.85. The third-order valence-corrected chi connectivity index (χ3v) is 4.24. The zero-order chi connectivity index (χ0) is 17.9. The summed E-state index contributed by atoms with van der Waals surface area (Å²) < 4.78 is 10.7. The summed E-state index contributed by atoms with van der Waals surface area (Å²) in [6.07, 6.45) is 1.74. The standard InChI is InChI=1S/C18H26N4O2S.HI/c1-14-21-16(13-25-14)8-9-20-18(19-2)22-15-6-4-7-17(12-15)24-11-5-10-23-3;/h4,6-7,12-13H,5,8-11H2,1-3H3,(H2,19,20,22);1H. The van der Waals surface area contributed by atoms with Crippen molar-refractivity contribution < 1.29 is 9.47 Å². The summed E-state index contributed by atoms with van der Waals surface area (Å²) in [5.74, 6) is 1.55. The third kappa shape index (κ3) is 8.33. The van der Waals surface area contributed by atoms with Crippen LogP contribution in [-0.2, 0) is 11.2 Å². The van der Waals surface area contributed by atoms with Gasteiger partial charge in [0, 0.05) is 57.3 Å². The number of aromatic nitrogens is 1. The Balaban J connectivity index is 0.00000338. The van der Waals surface area contributed by atoms with E-state index in [2.05, 4.69) is 26.0 Å². The molecule has 0 bridgehead atoms. The number of halogens is 1. The number of hydrogen-bond acceptors (Lipinski definition) is 5. The van der Waals surface area contributed by atoms with Gasteiger partial charge in [0.05, 0.1) is 17.3 Å². The van der Waals surface area contributed by atoms with Crippen LogP contribution in [0.3, 0.4) is 0 Å². The molecule has 1 aromatic heterocycles. The lowest BCUT2D eigenvalue weighted by molar-refractivity contribution is 0.172. The second-order valence-corrected chi connectivity index (χ2v) is 6.52. The Hall–Kier alpha value is -1.39. The van der Waals surface area contributed by atoms with Crippen LogP contribution in [0.4, 0.5) is 5.69 Å². The third-order valence-electron chi connectivity index (χ3n) is 3.42. The van der Waals surface area contributed by atoms with E-state index >= 15 is 0 Å². The van der Waals surface area contributed by atoms with Gasteiger partial charge in [-0.3, -0.25) is 4.99 Å². The molecule has 0 radical (unpaired) electrons. The number of aliphatic imine (C=N–C) groups is 1. The lowest BCUT2D eigenvalue weighted by Gasteiger charge is -2.13. The Kier molecular flexibility index (Phi) is 11.2. The Morgan fingerprint density at radius 3 is 2.85 bits per heavy atom. The molecule has 0 aliphatic carbocycles. The predicted octanol–water partition coefficient (Wildman–Crippen LogP) is 3.71. The van der Waals surface area contributed by atoms with Gasteiger partial charge in [-0.15, -0.1) is 35.3 Å². The average molecular weight is 490 g/mol. The van der Waals surface area contributed by atoms with Crippen LogP contribution in [0.25, 0.3) is 0 Å². The van der Waals surface area contributed by atoms with E-state index in [0.29, 0.717) is 13.2 Å². The number of methoxy groups -OCH3 is 1. The normalized spacial score (nSPS) is 11.0. The molecule has 8 heteroatoms. The molecular weight excluding hydrogens is 463 g/mol. The summed E-state index contributed by atoms with van der Waals surface area (Å²) in [4.78, 5) is 8.72. The van der Waals surface area contributed by atoms with E-state index in [0.717, 1.165) is 47.5 Å². The van der Waals surface area contributed by atoms with Gasteiger partial charge in [0.2, 0.25) is 0 Å². The number of guanidine groups is 1. The van der Waals surface area contributed by atoms with Crippen LogP contribution in [0.2, 0.25) is 0 Å². The second kappa shape index (κ2) is 12.9. The van der Waals surface area contributed by atoms with Gasteiger partial charge in [-0.05, 0) is 19.1 Å². The van der Waals surface area contributed by atoms with E-state index in [1.54, 1.807) is 25.5 Å². The maximum absolute atomic E-state index is 5.72. The highest BCUT2D eigenvalue weighted by Gasteiger charge is 2.03. The highest BCUT2D eigenvalue weighted by Crippen LogP contribution is 2.17. The Morgan fingerprint density at radius 2 is 2.15 bits per heavy atom. The van der Waals surface area contributed by atoms with Crippen LogP contribution >= 0.6 is 35.3 Å². The smallest absolute Gasteiger partial charge is 0.195 e. The van der Waals surface area contributed by atoms with Gasteiger partial charge >= 0.3 is 0 Å². The molecule has 0 aliphatic rings. The highest BCUT2D eigenvalue weighted by molar-refractivity contribution is 14.0. The molecule has 0 aliphatic heterocycles. The lowest BCUT2D eigenvalue weighted by atomic mass is 10.3. The first-order chi connectivity index (χ1) is 12.2. The molecule has 6 nitrogen and oxygen atoms in total. The zero-order valence-electron chi connectivity index (χ0n) is 15.4. The minimum atomic E-state index is 0. The van der Waals surface area contributed by atoms with Crippen molar-refractivity contribution in [3.63, 3.8) is 0 Å². The quantitative estimate of drug-likeness (QED) is 0.243. The van der Waals surface area contributed by atoms with Crippen molar-refractivity contribution in [2.75, 3.05) is 39.2 Å². The van der Waals surface area contributed by atoms with E-state index in [9.17, 15) is 0 Å². The molecule has 144 valence electrons. The van der Waals surface area contributed by atoms with Crippen LogP contribution in [0.15, 0.2) is 34.6 Å². The van der Waals surface area contributed by atoms with Crippen LogP contribution in [0, 0.1) is 6.92 Å². The molecule has 0 amide bonds. The van der Waals surface area contributed by atoms with E-state index in [4.69, 9.17) is 9.47 Å². The van der Waals surface area contributed by atoms with Crippen molar-refractivity contribution in [1.82, 2.24) is 10.3 Å². The maximum atomic E-state index is 5.72. The van der Waals surface area contributed by atoms with Gasteiger partial charge in [-0.25, -0.2) is 4.98 Å². The van der Waals surface area contributed by atoms with Crippen molar-refractivity contribution in [3.05, 3.63) is 40.3 Å². The number of anilines is 1. The molecule has 2 N–H and O–H groups in total. The summed E-state index contributed by atoms with van der Waals surface area (Å²) >= 11 is 1.68. The first-order valence-electron chi connectivity index (χ1n) is 8.31. The van der Waals surface area contributed by atoms with Gasteiger partial charge in [-0.1, -0.05) is 6.07 Å². The van der Waals surface area contributed by atoms with E-state index in [1.165, 1.54) is 0 Å². The molecule has 26 heavy (non-hydrogen) atoms. The number of nitrogens with zero attached hydrogens (tertiary/aromatic N) is 2. The van der Waals surface area contributed by atoms with Crippen molar-refractivity contribution in [2.45, 2.75) is 19.8 Å². The van der Waals surface area contributed by atoms with Gasteiger partial charge in [0.15, 0.2) is 5.96 Å². The molecule has 1 aromatic carbocycles. The molecule has 2 aromatic rings. The van der Waals surface area contributed by atoms with Crippen molar-refractivity contribution in [1.29, 1.82) is 0 Å². The maximum Gasteiger partial charge on any atom is 0.195 e. The molecule has 1 heterocycles. The summed E-state index contributed by atoms with van der Waals surface area (Å²) in [6.45, 7) is 4.13. The zero-order valence-corrected chi connectivity index (χ0v) is 18.6. The van der Waals surface area contributed by atoms with Crippen LogP contribution < -0.4 is 15.4 Å². The lowest BCUT2D eigenvalue weighted by Crippen LogP contribution is -2.32. The molecule has 0 fully saturated rings. The van der Waals surface area contributed by atoms with Gasteiger partial charge in [-0.2, -0.15) is 0 Å². The van der Waals surface area contributed by atoms with Gasteiger partial charge < -0.3 is 20.1 Å². The monoisotopic (exact) mass is 490 g/mol. The Labute approximate surface area is 176 Å². The molecular formula is C18H27IN4O2S. The van der Waals surface area contributed by atoms with Crippen molar-refractivity contribution >= 4 is 47.0 Å². The summed E-state index contributed by atoms with van der Waals surface area (Å²) in [7, 11) is 3.45. The molecule has 0 atom stereocenters. The summed E-state index contributed by atoms with van der Waals surface area (Å²) in [6, 6.07) is 7.85. The molecule has 2 rings (SSSR count). The van der Waals surface area contributed by atoms with Crippen LogP contribution in [-0.4, -0.2) is 44.9 Å². The number of nitrogens with one attached hydrogen (secondary N) is 2. The summed E-state index contributed by atoms with van der Waals surface area (Å²) in [5, 5.41) is 9.77. The summed E-state index contributed by atoms with van der Waals surface area (Å²) in [5.41, 5.74) is 2.04. The fourth-order valence-electron chi connectivity index (χ4n) is 2.20. The number of rotatable bonds is 9. The predicted molar refractivity (Wildman–Crippen MR) is 119 cm³/mol. The number of aryl methyl sites for hydroxylation is 1. The Bertz CT molecular complexity index is 679. The van der Waals surface area contributed by atoms with Crippen LogP contribution in [0.1, 0.15) is 17.1 Å². The molecule has 0 saturated heterocycles. The fraction of sp³-hybridized carbons (Fsp3) is 0.444. The second-order valence-electron chi connectivity index (χ2n) is 5.45. The van der Waals surface area contributed by atoms with Crippen molar-refractivity contribution in [2.24, 2.45) is 4.99 Å². The van der Waals surface area contributed by atoms with E-state index in [1.807, 2.05) is 31.2 Å². The number of hydrogen-bond donors (Lipinski definition) is 2. The Morgan fingerprint density at radius 1 is 1.31 bits per heavy atom. The minimum Gasteiger partial charge on any atom is -0.493 e. The molecule has 0 unspecified atom stereocenters. The van der Waals surface area contributed by atoms with Gasteiger partial charge in [0.1, 0.15) is 5.75 Å². The topological polar surface area (TPSA) is 67.8 Å². The largest absolute Gasteiger partial charge is 0.493 e. The minimum absolute atomic E-state index is 0. The van der Waals surface area contributed by atoms with E-state index < -0.39 is 0 Å². The molecule has 0 saturated carbocycles. The number of thiazole rings is 1. The molecule has 0 spiro atoms.